The van der Waals surface area contributed by atoms with Gasteiger partial charge in [-0.1, -0.05) is 24.3 Å². The minimum atomic E-state index is -0.514. The normalized spacial score (nSPS) is 15.5. The SMILES string of the molecule is C=CCn1c(C)c(/C=C2\C(=O)NC(=S)N(c3ccc(OC)cc3)C2=O)c2ccccc21. The van der Waals surface area contributed by atoms with E-state index in [9.17, 15) is 9.59 Å². The Labute approximate surface area is 185 Å². The molecular weight excluding hydrogens is 410 g/mol. The third kappa shape index (κ3) is 3.53. The molecule has 0 radical (unpaired) electrons. The summed E-state index contributed by atoms with van der Waals surface area (Å²) in [7, 11) is 1.57. The van der Waals surface area contributed by atoms with Crippen LogP contribution in [0.5, 0.6) is 5.75 Å². The second-order valence-corrected chi connectivity index (χ2v) is 7.46. The maximum Gasteiger partial charge on any atom is 0.270 e. The third-order valence-corrected chi connectivity index (χ3v) is 5.60. The van der Waals surface area contributed by atoms with Gasteiger partial charge in [-0.25, -0.2) is 0 Å². The van der Waals surface area contributed by atoms with Crippen LogP contribution in [0, 0.1) is 6.92 Å². The van der Waals surface area contributed by atoms with E-state index in [0.717, 1.165) is 22.2 Å². The number of allylic oxidation sites excluding steroid dienone is 1. The predicted molar refractivity (Wildman–Crippen MR) is 126 cm³/mol. The number of thiocarbonyl (C=S) groups is 1. The van der Waals surface area contributed by atoms with Crippen molar-refractivity contribution in [1.82, 2.24) is 9.88 Å². The first kappa shape index (κ1) is 20.6. The number of ether oxygens (including phenoxy) is 1. The zero-order valence-electron chi connectivity index (χ0n) is 17.2. The van der Waals surface area contributed by atoms with Gasteiger partial charge in [0.1, 0.15) is 11.3 Å². The lowest BCUT2D eigenvalue weighted by molar-refractivity contribution is -0.122. The van der Waals surface area contributed by atoms with Gasteiger partial charge >= 0.3 is 0 Å². The number of hydrogen-bond acceptors (Lipinski definition) is 4. The molecule has 1 aliphatic rings. The highest BCUT2D eigenvalue weighted by Crippen LogP contribution is 2.30. The van der Waals surface area contributed by atoms with Crippen LogP contribution in [-0.4, -0.2) is 28.6 Å². The lowest BCUT2D eigenvalue weighted by atomic mass is 10.0. The van der Waals surface area contributed by atoms with Gasteiger partial charge in [0.15, 0.2) is 5.11 Å². The highest BCUT2D eigenvalue weighted by atomic mass is 32.1. The number of nitrogens with one attached hydrogen (secondary N) is 1. The van der Waals surface area contributed by atoms with E-state index < -0.39 is 11.8 Å². The van der Waals surface area contributed by atoms with Crippen molar-refractivity contribution in [2.45, 2.75) is 13.5 Å². The van der Waals surface area contributed by atoms with Crippen molar-refractivity contribution in [3.63, 3.8) is 0 Å². The van der Waals surface area contributed by atoms with E-state index in [1.54, 1.807) is 37.5 Å². The predicted octanol–water partition coefficient (Wildman–Crippen LogP) is 3.98. The van der Waals surface area contributed by atoms with Gasteiger partial charge in [0.05, 0.1) is 12.8 Å². The van der Waals surface area contributed by atoms with Crippen LogP contribution in [0.2, 0.25) is 0 Å². The minimum absolute atomic E-state index is 0.0222. The van der Waals surface area contributed by atoms with Gasteiger partial charge in [-0.3, -0.25) is 19.8 Å². The Balaban J connectivity index is 1.82. The van der Waals surface area contributed by atoms with Crippen LogP contribution in [0.25, 0.3) is 17.0 Å². The third-order valence-electron chi connectivity index (χ3n) is 5.31. The van der Waals surface area contributed by atoms with E-state index in [4.69, 9.17) is 17.0 Å². The average Bonchev–Trinajstić information content (AvgIpc) is 3.03. The van der Waals surface area contributed by atoms with Crippen molar-refractivity contribution in [3.05, 3.63) is 78.0 Å². The summed E-state index contributed by atoms with van der Waals surface area (Å²) in [6.07, 6.45) is 3.46. The first-order chi connectivity index (χ1) is 15.0. The Morgan fingerprint density at radius 3 is 2.52 bits per heavy atom. The van der Waals surface area contributed by atoms with E-state index in [0.29, 0.717) is 18.0 Å². The molecule has 156 valence electrons. The fourth-order valence-electron chi connectivity index (χ4n) is 3.77. The van der Waals surface area contributed by atoms with Crippen molar-refractivity contribution < 1.29 is 14.3 Å². The number of benzene rings is 2. The number of methoxy groups -OCH3 is 1. The van der Waals surface area contributed by atoms with Gasteiger partial charge in [0.2, 0.25) is 0 Å². The van der Waals surface area contributed by atoms with Crippen LogP contribution in [0.1, 0.15) is 11.3 Å². The van der Waals surface area contributed by atoms with Gasteiger partial charge in [-0.2, -0.15) is 0 Å². The second-order valence-electron chi connectivity index (χ2n) is 7.07. The zero-order chi connectivity index (χ0) is 22.1. The van der Waals surface area contributed by atoms with Crippen molar-refractivity contribution in [2.75, 3.05) is 12.0 Å². The summed E-state index contributed by atoms with van der Waals surface area (Å²) in [5.41, 5.74) is 3.34. The molecule has 2 aromatic carbocycles. The molecule has 2 heterocycles. The van der Waals surface area contributed by atoms with Crippen LogP contribution in [0.15, 0.2) is 66.8 Å². The largest absolute Gasteiger partial charge is 0.497 e. The standard InChI is InChI=1S/C24H21N3O3S/c1-4-13-26-15(2)19(18-7-5-6-8-21(18)26)14-20-22(28)25-24(31)27(23(20)29)16-9-11-17(30-3)12-10-16/h4-12,14H,1,13H2,2-3H3,(H,25,28,31)/b20-14+. The molecule has 1 fully saturated rings. The van der Waals surface area contributed by atoms with Crippen LogP contribution in [0.3, 0.4) is 0 Å². The van der Waals surface area contributed by atoms with E-state index in [1.807, 2.05) is 37.3 Å². The monoisotopic (exact) mass is 431 g/mol. The van der Waals surface area contributed by atoms with Crippen molar-refractivity contribution in [3.8, 4) is 5.75 Å². The number of anilines is 1. The zero-order valence-corrected chi connectivity index (χ0v) is 18.0. The van der Waals surface area contributed by atoms with E-state index in [-0.39, 0.29) is 10.7 Å². The highest BCUT2D eigenvalue weighted by Gasteiger charge is 2.35. The number of para-hydroxylation sites is 1. The minimum Gasteiger partial charge on any atom is -0.497 e. The molecule has 31 heavy (non-hydrogen) atoms. The summed E-state index contributed by atoms with van der Waals surface area (Å²) in [6.45, 7) is 6.42. The van der Waals surface area contributed by atoms with E-state index >= 15 is 0 Å². The van der Waals surface area contributed by atoms with Crippen molar-refractivity contribution >= 4 is 51.8 Å². The van der Waals surface area contributed by atoms with Gasteiger partial charge in [0.25, 0.3) is 11.8 Å². The number of amides is 2. The molecule has 3 aromatic rings. The summed E-state index contributed by atoms with van der Waals surface area (Å²) in [5.74, 6) is -0.330. The number of rotatable bonds is 5. The second kappa shape index (κ2) is 8.20. The van der Waals surface area contributed by atoms with Crippen LogP contribution >= 0.6 is 12.2 Å². The Kier molecular flexibility index (Phi) is 5.44. The van der Waals surface area contributed by atoms with Gasteiger partial charge in [-0.05, 0) is 55.5 Å². The molecule has 1 aliphatic heterocycles. The van der Waals surface area contributed by atoms with Crippen LogP contribution in [-0.2, 0) is 16.1 Å². The molecule has 1 N–H and O–H groups in total. The van der Waals surface area contributed by atoms with Crippen molar-refractivity contribution in [2.24, 2.45) is 0 Å². The summed E-state index contributed by atoms with van der Waals surface area (Å²) in [4.78, 5) is 27.4. The molecule has 1 saturated heterocycles. The number of hydrogen-bond donors (Lipinski definition) is 1. The number of carbonyl (C=O) groups is 2. The molecule has 0 spiro atoms. The molecule has 7 heteroatoms. The molecular formula is C24H21N3O3S. The molecule has 2 amide bonds. The fourth-order valence-corrected chi connectivity index (χ4v) is 4.05. The summed E-state index contributed by atoms with van der Waals surface area (Å²) >= 11 is 5.28. The Hall–Kier alpha value is -3.71. The quantitative estimate of drug-likeness (QED) is 0.287. The smallest absolute Gasteiger partial charge is 0.270 e. The van der Waals surface area contributed by atoms with Crippen molar-refractivity contribution in [1.29, 1.82) is 0 Å². The molecule has 6 nitrogen and oxygen atoms in total. The Morgan fingerprint density at radius 1 is 1.13 bits per heavy atom. The number of nitrogens with zero attached hydrogens (tertiary/aromatic N) is 2. The highest BCUT2D eigenvalue weighted by molar-refractivity contribution is 7.80. The molecule has 1 aromatic heterocycles. The number of fused-ring (bicyclic) bond motifs is 1. The van der Waals surface area contributed by atoms with E-state index in [1.165, 1.54) is 4.90 Å². The molecule has 0 atom stereocenters. The summed E-state index contributed by atoms with van der Waals surface area (Å²) < 4.78 is 7.28. The average molecular weight is 432 g/mol. The molecule has 4 rings (SSSR count). The van der Waals surface area contributed by atoms with Crippen LogP contribution < -0.4 is 15.0 Å². The van der Waals surface area contributed by atoms with Gasteiger partial charge in [0, 0.05) is 28.7 Å². The topological polar surface area (TPSA) is 63.6 Å². The Morgan fingerprint density at radius 2 is 1.84 bits per heavy atom. The first-order valence-electron chi connectivity index (χ1n) is 9.70. The van der Waals surface area contributed by atoms with E-state index in [2.05, 4.69) is 16.5 Å². The number of carbonyl (C=O) groups excluding carboxylic acids is 2. The summed E-state index contributed by atoms with van der Waals surface area (Å²) in [5, 5.41) is 3.63. The van der Waals surface area contributed by atoms with Crippen LogP contribution in [0.4, 0.5) is 5.69 Å². The molecule has 0 unspecified atom stereocenters. The number of aromatic nitrogens is 1. The fraction of sp³-hybridized carbons (Fsp3) is 0.125. The van der Waals surface area contributed by atoms with Gasteiger partial charge in [-0.15, -0.1) is 6.58 Å². The van der Waals surface area contributed by atoms with Gasteiger partial charge < -0.3 is 9.30 Å². The first-order valence-corrected chi connectivity index (χ1v) is 10.1. The Bertz CT molecular complexity index is 1260. The molecule has 0 saturated carbocycles. The maximum atomic E-state index is 13.3. The molecule has 0 bridgehead atoms. The summed E-state index contributed by atoms with van der Waals surface area (Å²) in [6, 6.07) is 14.8. The molecule has 0 aliphatic carbocycles. The maximum absolute atomic E-state index is 13.3. The lowest BCUT2D eigenvalue weighted by Gasteiger charge is -2.29. The lowest BCUT2D eigenvalue weighted by Crippen LogP contribution is -2.54.